The molecule has 4 heteroatoms. The van der Waals surface area contributed by atoms with Gasteiger partial charge in [-0.3, -0.25) is 0 Å². The van der Waals surface area contributed by atoms with E-state index in [9.17, 15) is 0 Å². The van der Waals surface area contributed by atoms with E-state index in [1.54, 1.807) is 0 Å². The Kier molecular flexibility index (Phi) is 5.97. The van der Waals surface area contributed by atoms with Crippen molar-refractivity contribution in [3.05, 3.63) is 17.6 Å². The normalized spacial score (nSPS) is 18.4. The molecule has 0 bridgehead atoms. The zero-order valence-corrected chi connectivity index (χ0v) is 14.0. The molecule has 1 unspecified atom stereocenters. The zero-order chi connectivity index (χ0) is 15.2. The maximum atomic E-state index is 4.82. The number of rotatable bonds is 7. The van der Waals surface area contributed by atoms with E-state index < -0.39 is 0 Å². The molecule has 0 radical (unpaired) electrons. The molecule has 1 aromatic heterocycles. The highest BCUT2D eigenvalue weighted by molar-refractivity contribution is 5.40. The molecule has 0 saturated carbocycles. The quantitative estimate of drug-likeness (QED) is 0.837. The standard InChI is InChI=1S/C17H30N4/c1-5-6-10-21(12-15-8-7-9-18-15)16-11-14(4)19-17(20-16)13(2)3/h11,13,15,18H,5-10,12H2,1-4H3. The summed E-state index contributed by atoms with van der Waals surface area (Å²) in [6.07, 6.45) is 5.01. The maximum Gasteiger partial charge on any atom is 0.133 e. The molecule has 1 aliphatic rings. The molecule has 1 fully saturated rings. The summed E-state index contributed by atoms with van der Waals surface area (Å²) in [7, 11) is 0. The van der Waals surface area contributed by atoms with Crippen molar-refractivity contribution < 1.29 is 0 Å². The summed E-state index contributed by atoms with van der Waals surface area (Å²) in [6.45, 7) is 11.9. The molecule has 0 spiro atoms. The van der Waals surface area contributed by atoms with Gasteiger partial charge in [-0.05, 0) is 32.7 Å². The van der Waals surface area contributed by atoms with Crippen LogP contribution in [0, 0.1) is 6.92 Å². The lowest BCUT2D eigenvalue weighted by Gasteiger charge is -2.27. The van der Waals surface area contributed by atoms with Gasteiger partial charge in [-0.25, -0.2) is 9.97 Å². The molecule has 1 N–H and O–H groups in total. The van der Waals surface area contributed by atoms with Crippen molar-refractivity contribution in [1.29, 1.82) is 0 Å². The largest absolute Gasteiger partial charge is 0.355 e. The molecule has 21 heavy (non-hydrogen) atoms. The van der Waals surface area contributed by atoms with E-state index in [2.05, 4.69) is 49.0 Å². The summed E-state index contributed by atoms with van der Waals surface area (Å²) in [4.78, 5) is 11.8. The van der Waals surface area contributed by atoms with Crippen molar-refractivity contribution in [2.75, 3.05) is 24.5 Å². The number of anilines is 1. The third kappa shape index (κ3) is 4.67. The lowest BCUT2D eigenvalue weighted by molar-refractivity contribution is 0.567. The third-order valence-electron chi connectivity index (χ3n) is 4.08. The van der Waals surface area contributed by atoms with Crippen LogP contribution < -0.4 is 10.2 Å². The molecule has 1 aromatic rings. The predicted molar refractivity (Wildman–Crippen MR) is 89.0 cm³/mol. The average Bonchev–Trinajstić information content (AvgIpc) is 2.95. The van der Waals surface area contributed by atoms with Gasteiger partial charge < -0.3 is 10.2 Å². The van der Waals surface area contributed by atoms with E-state index >= 15 is 0 Å². The predicted octanol–water partition coefficient (Wildman–Crippen LogP) is 3.27. The summed E-state index contributed by atoms with van der Waals surface area (Å²) >= 11 is 0. The second-order valence-corrected chi connectivity index (χ2v) is 6.47. The number of aryl methyl sites for hydroxylation is 1. The summed E-state index contributed by atoms with van der Waals surface area (Å²) in [6, 6.07) is 2.75. The van der Waals surface area contributed by atoms with Crippen molar-refractivity contribution in [3.63, 3.8) is 0 Å². The van der Waals surface area contributed by atoms with Gasteiger partial charge in [-0.1, -0.05) is 27.2 Å². The van der Waals surface area contributed by atoms with Gasteiger partial charge in [-0.15, -0.1) is 0 Å². The molecular formula is C17H30N4. The average molecular weight is 290 g/mol. The van der Waals surface area contributed by atoms with Gasteiger partial charge >= 0.3 is 0 Å². The minimum absolute atomic E-state index is 0.376. The SMILES string of the molecule is CCCCN(CC1CCCN1)c1cc(C)nc(C(C)C)n1. The summed E-state index contributed by atoms with van der Waals surface area (Å²) in [5.41, 5.74) is 1.07. The molecule has 0 aliphatic carbocycles. The Morgan fingerprint density at radius 1 is 1.38 bits per heavy atom. The molecule has 0 amide bonds. The second kappa shape index (κ2) is 7.74. The number of hydrogen-bond acceptors (Lipinski definition) is 4. The van der Waals surface area contributed by atoms with Gasteiger partial charge in [0.2, 0.25) is 0 Å². The van der Waals surface area contributed by atoms with E-state index in [0.717, 1.165) is 37.0 Å². The Morgan fingerprint density at radius 2 is 2.19 bits per heavy atom. The molecule has 4 nitrogen and oxygen atoms in total. The molecule has 118 valence electrons. The van der Waals surface area contributed by atoms with Gasteiger partial charge in [0.25, 0.3) is 0 Å². The summed E-state index contributed by atoms with van der Waals surface area (Å²) in [5.74, 6) is 2.44. The molecule has 1 saturated heterocycles. The first-order valence-electron chi connectivity index (χ1n) is 8.44. The minimum atomic E-state index is 0.376. The van der Waals surface area contributed by atoms with Crippen LogP contribution in [0.1, 0.15) is 63.9 Å². The van der Waals surface area contributed by atoms with Crippen LogP contribution in [0.15, 0.2) is 6.07 Å². The van der Waals surface area contributed by atoms with Gasteiger partial charge in [-0.2, -0.15) is 0 Å². The minimum Gasteiger partial charge on any atom is -0.355 e. The maximum absolute atomic E-state index is 4.82. The van der Waals surface area contributed by atoms with Crippen LogP contribution in [-0.2, 0) is 0 Å². The van der Waals surface area contributed by atoms with Gasteiger partial charge in [0, 0.05) is 36.8 Å². The Bertz CT molecular complexity index is 438. The fourth-order valence-electron chi connectivity index (χ4n) is 2.82. The molecule has 2 rings (SSSR count). The van der Waals surface area contributed by atoms with Crippen molar-refractivity contribution in [2.45, 2.75) is 65.3 Å². The molecule has 1 aliphatic heterocycles. The van der Waals surface area contributed by atoms with Crippen molar-refractivity contribution >= 4 is 5.82 Å². The van der Waals surface area contributed by atoms with E-state index in [1.165, 1.54) is 25.7 Å². The monoisotopic (exact) mass is 290 g/mol. The van der Waals surface area contributed by atoms with Crippen LogP contribution in [0.3, 0.4) is 0 Å². The van der Waals surface area contributed by atoms with E-state index in [0.29, 0.717) is 12.0 Å². The number of nitrogens with one attached hydrogen (secondary N) is 1. The van der Waals surface area contributed by atoms with E-state index in [-0.39, 0.29) is 0 Å². The van der Waals surface area contributed by atoms with Crippen molar-refractivity contribution in [1.82, 2.24) is 15.3 Å². The first-order chi connectivity index (χ1) is 10.1. The number of hydrogen-bond donors (Lipinski definition) is 1. The fraction of sp³-hybridized carbons (Fsp3) is 0.765. The van der Waals surface area contributed by atoms with Crippen LogP contribution in [0.25, 0.3) is 0 Å². The highest BCUT2D eigenvalue weighted by atomic mass is 15.2. The van der Waals surface area contributed by atoms with Gasteiger partial charge in [0.1, 0.15) is 11.6 Å². The number of aromatic nitrogens is 2. The summed E-state index contributed by atoms with van der Waals surface area (Å²) < 4.78 is 0. The Balaban J connectivity index is 2.17. The summed E-state index contributed by atoms with van der Waals surface area (Å²) in [5, 5.41) is 3.60. The lowest BCUT2D eigenvalue weighted by atomic mass is 10.2. The highest BCUT2D eigenvalue weighted by Gasteiger charge is 2.19. The van der Waals surface area contributed by atoms with Crippen LogP contribution in [0.4, 0.5) is 5.82 Å². The van der Waals surface area contributed by atoms with Crippen molar-refractivity contribution in [3.8, 4) is 0 Å². The van der Waals surface area contributed by atoms with Gasteiger partial charge in [0.15, 0.2) is 0 Å². The van der Waals surface area contributed by atoms with E-state index in [4.69, 9.17) is 4.98 Å². The van der Waals surface area contributed by atoms with Crippen molar-refractivity contribution in [2.24, 2.45) is 0 Å². The molecular weight excluding hydrogens is 260 g/mol. The van der Waals surface area contributed by atoms with E-state index in [1.807, 2.05) is 0 Å². The van der Waals surface area contributed by atoms with Gasteiger partial charge in [0.05, 0.1) is 0 Å². The Hall–Kier alpha value is -1.16. The molecule has 0 aromatic carbocycles. The molecule has 2 heterocycles. The first kappa shape index (κ1) is 16.2. The topological polar surface area (TPSA) is 41.0 Å². The third-order valence-corrected chi connectivity index (χ3v) is 4.08. The number of unbranched alkanes of at least 4 members (excludes halogenated alkanes) is 1. The van der Waals surface area contributed by atoms with Crippen LogP contribution in [-0.4, -0.2) is 35.6 Å². The fourth-order valence-corrected chi connectivity index (χ4v) is 2.82. The smallest absolute Gasteiger partial charge is 0.133 e. The van der Waals surface area contributed by atoms with Crippen LogP contribution in [0.2, 0.25) is 0 Å². The Morgan fingerprint density at radius 3 is 2.81 bits per heavy atom. The zero-order valence-electron chi connectivity index (χ0n) is 14.0. The lowest BCUT2D eigenvalue weighted by Crippen LogP contribution is -2.38. The first-order valence-corrected chi connectivity index (χ1v) is 8.44. The second-order valence-electron chi connectivity index (χ2n) is 6.47. The molecule has 1 atom stereocenters. The van der Waals surface area contributed by atoms with Crippen LogP contribution in [0.5, 0.6) is 0 Å². The van der Waals surface area contributed by atoms with Crippen LogP contribution >= 0.6 is 0 Å². The highest BCUT2D eigenvalue weighted by Crippen LogP contribution is 2.19. The Labute approximate surface area is 129 Å². The number of nitrogens with zero attached hydrogens (tertiary/aromatic N) is 3.